The van der Waals surface area contributed by atoms with E-state index in [0.29, 0.717) is 10.3 Å². The maximum absolute atomic E-state index is 2.60. The first kappa shape index (κ1) is 22.6. The van der Waals surface area contributed by atoms with Crippen molar-refractivity contribution in [2.45, 2.75) is 76.3 Å². The van der Waals surface area contributed by atoms with Crippen LogP contribution in [0.4, 0.5) is 0 Å². The Hall–Kier alpha value is 0.510. The monoisotopic (exact) mass is 386 g/mol. The second-order valence-electron chi connectivity index (χ2n) is 9.88. The molecule has 140 valence electrons. The number of hydrogen-bond acceptors (Lipinski definition) is 0. The van der Waals surface area contributed by atoms with Crippen LogP contribution in [0.5, 0.6) is 0 Å². The van der Waals surface area contributed by atoms with Crippen LogP contribution < -0.4 is 0 Å². The molecule has 0 aliphatic carbocycles. The molecule has 3 atom stereocenters. The summed E-state index contributed by atoms with van der Waals surface area (Å²) in [7, 11) is 0.866. The molecule has 0 heterocycles. The predicted molar refractivity (Wildman–Crippen MR) is 124 cm³/mol. The minimum absolute atomic E-state index is 0.446. The molecule has 0 aromatic heterocycles. The van der Waals surface area contributed by atoms with Crippen molar-refractivity contribution in [2.75, 3.05) is 19.5 Å². The van der Waals surface area contributed by atoms with E-state index in [-0.39, 0.29) is 0 Å². The normalized spacial score (nSPS) is 17.7. The summed E-state index contributed by atoms with van der Waals surface area (Å²) < 4.78 is 0. The van der Waals surface area contributed by atoms with Gasteiger partial charge >= 0.3 is 156 Å². The summed E-state index contributed by atoms with van der Waals surface area (Å²) in [5.41, 5.74) is 2.39. The van der Waals surface area contributed by atoms with Crippen LogP contribution in [0.3, 0.4) is 0 Å². The first-order valence-electron chi connectivity index (χ1n) is 9.44. The molecule has 3 heteroatoms. The molecular weight excluding hydrogens is 345 g/mol. The van der Waals surface area contributed by atoms with Crippen molar-refractivity contribution in [3.8, 4) is 0 Å². The topological polar surface area (TPSA) is 0 Å². The first-order chi connectivity index (χ1) is 10.8. The standard InChI is InChI=1S/C21H41P3/c1-10-24(8,9)18(17-14-12-11-13-15-17)16-19(22-20(2,3)4)23-21(5,6)7/h11-15,18-19,22-24H,10,16H2,1-9H3. The van der Waals surface area contributed by atoms with Crippen molar-refractivity contribution < 1.29 is 0 Å². The quantitative estimate of drug-likeness (QED) is 0.428. The minimum atomic E-state index is -1.25. The molecule has 1 aromatic carbocycles. The molecule has 0 aliphatic heterocycles. The van der Waals surface area contributed by atoms with E-state index in [0.717, 1.165) is 28.2 Å². The summed E-state index contributed by atoms with van der Waals surface area (Å²) in [5, 5.41) is 1.76. The van der Waals surface area contributed by atoms with Gasteiger partial charge in [0, 0.05) is 0 Å². The van der Waals surface area contributed by atoms with E-state index < -0.39 is 7.26 Å². The average molecular weight is 386 g/mol. The van der Waals surface area contributed by atoms with Gasteiger partial charge < -0.3 is 0 Å². The molecule has 0 aliphatic rings. The van der Waals surface area contributed by atoms with Crippen LogP contribution in [0.1, 0.15) is 66.1 Å². The fraction of sp³-hybridized carbons (Fsp3) is 0.714. The van der Waals surface area contributed by atoms with Gasteiger partial charge in [0.1, 0.15) is 0 Å². The molecule has 3 unspecified atom stereocenters. The van der Waals surface area contributed by atoms with E-state index in [4.69, 9.17) is 0 Å². The molecule has 0 N–H and O–H groups in total. The average Bonchev–Trinajstić information content (AvgIpc) is 2.42. The van der Waals surface area contributed by atoms with Crippen molar-refractivity contribution >= 4 is 24.4 Å². The van der Waals surface area contributed by atoms with Gasteiger partial charge in [0.05, 0.1) is 0 Å². The van der Waals surface area contributed by atoms with E-state index in [9.17, 15) is 0 Å². The van der Waals surface area contributed by atoms with Gasteiger partial charge in [-0.15, -0.1) is 0 Å². The van der Waals surface area contributed by atoms with Crippen LogP contribution in [-0.4, -0.2) is 35.2 Å². The zero-order valence-corrected chi connectivity index (χ0v) is 20.5. The predicted octanol–water partition coefficient (Wildman–Crippen LogP) is 7.43. The first-order valence-corrected chi connectivity index (χ1v) is 14.9. The van der Waals surface area contributed by atoms with E-state index in [1.807, 2.05) is 0 Å². The second kappa shape index (κ2) is 8.94. The van der Waals surface area contributed by atoms with Crippen molar-refractivity contribution in [1.29, 1.82) is 0 Å². The summed E-state index contributed by atoms with van der Waals surface area (Å²) in [6.45, 7) is 22.1. The van der Waals surface area contributed by atoms with Gasteiger partial charge in [0.25, 0.3) is 0 Å². The van der Waals surface area contributed by atoms with Crippen LogP contribution in [0.25, 0.3) is 0 Å². The number of rotatable bonds is 7. The Labute approximate surface area is 156 Å². The Morgan fingerprint density at radius 2 is 1.33 bits per heavy atom. The Bertz CT molecular complexity index is 464. The van der Waals surface area contributed by atoms with Crippen molar-refractivity contribution in [3.63, 3.8) is 0 Å². The van der Waals surface area contributed by atoms with Crippen molar-refractivity contribution in [1.82, 2.24) is 0 Å². The van der Waals surface area contributed by atoms with Gasteiger partial charge in [-0.2, -0.15) is 0 Å². The fourth-order valence-electron chi connectivity index (χ4n) is 3.27. The SMILES string of the molecule is CC[PH](C)(C)C(CC(PC(C)(C)C)PC(C)(C)C)c1ccccc1. The molecular formula is C21H41P3. The van der Waals surface area contributed by atoms with Gasteiger partial charge in [-0.05, 0) is 0 Å². The third-order valence-electron chi connectivity index (χ3n) is 4.74. The van der Waals surface area contributed by atoms with Gasteiger partial charge in [-0.3, -0.25) is 0 Å². The van der Waals surface area contributed by atoms with Gasteiger partial charge in [-0.1, -0.05) is 0 Å². The van der Waals surface area contributed by atoms with Crippen LogP contribution in [0.2, 0.25) is 0 Å². The van der Waals surface area contributed by atoms with E-state index >= 15 is 0 Å². The molecule has 1 rings (SSSR count). The molecule has 0 fully saturated rings. The summed E-state index contributed by atoms with van der Waals surface area (Å²) >= 11 is 0. The van der Waals surface area contributed by atoms with Gasteiger partial charge in [0.15, 0.2) is 0 Å². The summed E-state index contributed by atoms with van der Waals surface area (Å²) in [6, 6.07) is 11.4. The van der Waals surface area contributed by atoms with E-state index in [2.05, 4.69) is 92.1 Å². The third-order valence-corrected chi connectivity index (χ3v) is 12.8. The maximum atomic E-state index is 2.60. The fourth-order valence-corrected chi connectivity index (χ4v) is 11.9. The van der Waals surface area contributed by atoms with Crippen molar-refractivity contribution in [2.24, 2.45) is 0 Å². The van der Waals surface area contributed by atoms with Gasteiger partial charge in [-0.25, -0.2) is 0 Å². The van der Waals surface area contributed by atoms with Crippen LogP contribution in [-0.2, 0) is 0 Å². The molecule has 0 saturated heterocycles. The molecule has 0 saturated carbocycles. The molecule has 24 heavy (non-hydrogen) atoms. The Balaban J connectivity index is 3.11. The summed E-state index contributed by atoms with van der Waals surface area (Å²) in [4.78, 5) is 0. The van der Waals surface area contributed by atoms with Crippen LogP contribution >= 0.6 is 24.4 Å². The number of benzene rings is 1. The zero-order chi connectivity index (χ0) is 18.6. The zero-order valence-electron chi connectivity index (χ0n) is 17.5. The van der Waals surface area contributed by atoms with Crippen LogP contribution in [0.15, 0.2) is 30.3 Å². The van der Waals surface area contributed by atoms with Crippen molar-refractivity contribution in [3.05, 3.63) is 35.9 Å². The van der Waals surface area contributed by atoms with Crippen LogP contribution in [0, 0.1) is 0 Å². The molecule has 0 spiro atoms. The third kappa shape index (κ3) is 8.26. The molecule has 1 aromatic rings. The summed E-state index contributed by atoms with van der Waals surface area (Å²) in [6.07, 6.45) is 2.76. The molecule has 0 bridgehead atoms. The van der Waals surface area contributed by atoms with E-state index in [1.165, 1.54) is 12.6 Å². The Kier molecular flexibility index (Phi) is 8.40. The Morgan fingerprint density at radius 1 is 0.875 bits per heavy atom. The molecule has 0 radical (unpaired) electrons. The Morgan fingerprint density at radius 3 is 1.71 bits per heavy atom. The second-order valence-corrected chi connectivity index (χ2v) is 20.8. The molecule has 0 nitrogen and oxygen atoms in total. The number of hydrogen-bond donors (Lipinski definition) is 0. The molecule has 0 amide bonds. The van der Waals surface area contributed by atoms with Gasteiger partial charge in [0.2, 0.25) is 0 Å². The van der Waals surface area contributed by atoms with E-state index in [1.54, 1.807) is 5.56 Å². The summed E-state index contributed by atoms with van der Waals surface area (Å²) in [5.74, 6) is 0.